The molecule has 14 heavy (non-hydrogen) atoms. The van der Waals surface area contributed by atoms with E-state index in [0.717, 1.165) is 25.7 Å². The molecule has 0 saturated carbocycles. The molecule has 1 atom stereocenters. The van der Waals surface area contributed by atoms with Crippen molar-refractivity contribution in [1.82, 2.24) is 5.32 Å². The maximum Gasteiger partial charge on any atom is 0.223 e. The number of hydrogen-bond donors (Lipinski definition) is 2. The summed E-state index contributed by atoms with van der Waals surface area (Å²) in [6.07, 6.45) is 3.69. The van der Waals surface area contributed by atoms with Crippen molar-refractivity contribution in [2.24, 2.45) is 11.7 Å². The third-order valence-corrected chi connectivity index (χ3v) is 2.70. The van der Waals surface area contributed by atoms with Crippen molar-refractivity contribution in [3.63, 3.8) is 0 Å². The fourth-order valence-corrected chi connectivity index (χ4v) is 1.39. The minimum absolute atomic E-state index is 0.174. The van der Waals surface area contributed by atoms with E-state index in [4.69, 9.17) is 5.73 Å². The second-order valence-electron chi connectivity index (χ2n) is 3.76. The molecule has 0 aliphatic rings. The molecule has 0 heterocycles. The highest BCUT2D eigenvalue weighted by atomic mass is 16.1. The number of carbonyl (C=O) groups excluding carboxylic acids is 1. The molecule has 0 aromatic heterocycles. The van der Waals surface area contributed by atoms with E-state index < -0.39 is 0 Å². The molecule has 3 nitrogen and oxygen atoms in total. The quantitative estimate of drug-likeness (QED) is 0.657. The van der Waals surface area contributed by atoms with Crippen LogP contribution in [0.4, 0.5) is 0 Å². The largest absolute Gasteiger partial charge is 0.356 e. The molecule has 1 unspecified atom stereocenters. The maximum absolute atomic E-state index is 11.5. The van der Waals surface area contributed by atoms with Crippen LogP contribution in [0.2, 0.25) is 0 Å². The summed E-state index contributed by atoms with van der Waals surface area (Å²) in [6.45, 7) is 6.87. The van der Waals surface area contributed by atoms with E-state index in [1.807, 2.05) is 13.8 Å². The summed E-state index contributed by atoms with van der Waals surface area (Å²) in [5.41, 5.74) is 5.75. The van der Waals surface area contributed by atoms with E-state index in [-0.39, 0.29) is 17.9 Å². The predicted octanol–water partition coefficient (Wildman–Crippen LogP) is 1.67. The minimum Gasteiger partial charge on any atom is -0.356 e. The van der Waals surface area contributed by atoms with Crippen LogP contribution in [0.5, 0.6) is 0 Å². The molecular formula is C11H24N2O. The summed E-state index contributed by atoms with van der Waals surface area (Å²) in [7, 11) is 0. The van der Waals surface area contributed by atoms with E-state index in [9.17, 15) is 4.79 Å². The first kappa shape index (κ1) is 13.4. The fourth-order valence-electron chi connectivity index (χ4n) is 1.39. The molecule has 0 bridgehead atoms. The first-order valence-electron chi connectivity index (χ1n) is 5.68. The Bertz CT molecular complexity index is 155. The third kappa shape index (κ3) is 5.22. The van der Waals surface area contributed by atoms with E-state index in [1.165, 1.54) is 0 Å². The van der Waals surface area contributed by atoms with Crippen LogP contribution in [0.3, 0.4) is 0 Å². The van der Waals surface area contributed by atoms with Crippen molar-refractivity contribution in [3.05, 3.63) is 0 Å². The highest BCUT2D eigenvalue weighted by molar-refractivity contribution is 5.78. The molecular weight excluding hydrogens is 176 g/mol. The molecule has 0 aliphatic heterocycles. The van der Waals surface area contributed by atoms with E-state index in [2.05, 4.69) is 12.2 Å². The van der Waals surface area contributed by atoms with Crippen LogP contribution in [-0.4, -0.2) is 18.5 Å². The molecule has 3 N–H and O–H groups in total. The molecule has 0 aromatic carbocycles. The van der Waals surface area contributed by atoms with Gasteiger partial charge >= 0.3 is 0 Å². The summed E-state index contributed by atoms with van der Waals surface area (Å²) in [5, 5.41) is 2.93. The Hall–Kier alpha value is -0.570. The van der Waals surface area contributed by atoms with Crippen LogP contribution < -0.4 is 11.1 Å². The van der Waals surface area contributed by atoms with Crippen LogP contribution in [0.1, 0.15) is 46.5 Å². The smallest absolute Gasteiger partial charge is 0.223 e. The highest BCUT2D eigenvalue weighted by Crippen LogP contribution is 2.06. The first-order chi connectivity index (χ1) is 6.65. The lowest BCUT2D eigenvalue weighted by molar-refractivity contribution is -0.125. The second kappa shape index (κ2) is 7.80. The molecule has 0 rings (SSSR count). The monoisotopic (exact) mass is 200 g/mol. The van der Waals surface area contributed by atoms with Crippen molar-refractivity contribution in [1.29, 1.82) is 0 Å². The summed E-state index contributed by atoms with van der Waals surface area (Å²) in [5.74, 6) is 0.353. The van der Waals surface area contributed by atoms with Crippen molar-refractivity contribution in [2.45, 2.75) is 52.5 Å². The lowest BCUT2D eigenvalue weighted by atomic mass is 10.0. The lowest BCUT2D eigenvalue weighted by Gasteiger charge is -2.14. The number of carbonyl (C=O) groups is 1. The number of hydrogen-bond acceptors (Lipinski definition) is 2. The maximum atomic E-state index is 11.5. The van der Waals surface area contributed by atoms with Gasteiger partial charge in [0.05, 0.1) is 0 Å². The van der Waals surface area contributed by atoms with Gasteiger partial charge in [-0.2, -0.15) is 0 Å². The van der Waals surface area contributed by atoms with Crippen molar-refractivity contribution >= 4 is 5.91 Å². The minimum atomic E-state index is 0.174. The number of amides is 1. The molecule has 3 heteroatoms. The molecule has 0 radical (unpaired) electrons. The van der Waals surface area contributed by atoms with Crippen molar-refractivity contribution in [2.75, 3.05) is 6.54 Å². The topological polar surface area (TPSA) is 55.1 Å². The van der Waals surface area contributed by atoms with Gasteiger partial charge < -0.3 is 11.1 Å². The Morgan fingerprint density at radius 1 is 1.21 bits per heavy atom. The van der Waals surface area contributed by atoms with Gasteiger partial charge in [-0.3, -0.25) is 4.79 Å². The molecule has 0 fully saturated rings. The number of nitrogens with one attached hydrogen (secondary N) is 1. The molecule has 0 aromatic rings. The van der Waals surface area contributed by atoms with Crippen LogP contribution in [0, 0.1) is 5.92 Å². The Balaban J connectivity index is 3.62. The Morgan fingerprint density at radius 3 is 2.21 bits per heavy atom. The normalized spacial score (nSPS) is 12.9. The van der Waals surface area contributed by atoms with Crippen LogP contribution >= 0.6 is 0 Å². The number of rotatable bonds is 7. The molecule has 84 valence electrons. The summed E-state index contributed by atoms with van der Waals surface area (Å²) < 4.78 is 0. The third-order valence-electron chi connectivity index (χ3n) is 2.70. The average molecular weight is 200 g/mol. The summed E-state index contributed by atoms with van der Waals surface area (Å²) in [4.78, 5) is 11.5. The summed E-state index contributed by atoms with van der Waals surface area (Å²) in [6, 6.07) is 0.219. The van der Waals surface area contributed by atoms with E-state index in [1.54, 1.807) is 0 Å². The second-order valence-corrected chi connectivity index (χ2v) is 3.76. The van der Waals surface area contributed by atoms with Gasteiger partial charge in [0.15, 0.2) is 0 Å². The molecule has 0 spiro atoms. The average Bonchev–Trinajstić information content (AvgIpc) is 2.19. The lowest BCUT2D eigenvalue weighted by Crippen LogP contribution is -2.33. The molecule has 0 saturated heterocycles. The van der Waals surface area contributed by atoms with Gasteiger partial charge in [-0.25, -0.2) is 0 Å². The van der Waals surface area contributed by atoms with Gasteiger partial charge in [-0.15, -0.1) is 0 Å². The van der Waals surface area contributed by atoms with Crippen molar-refractivity contribution < 1.29 is 4.79 Å². The van der Waals surface area contributed by atoms with Gasteiger partial charge in [-0.05, 0) is 25.7 Å². The van der Waals surface area contributed by atoms with Gasteiger partial charge in [-0.1, -0.05) is 20.8 Å². The Kier molecular flexibility index (Phi) is 7.48. The number of nitrogens with two attached hydrogens (primary N) is 1. The first-order valence-corrected chi connectivity index (χ1v) is 5.68. The zero-order valence-corrected chi connectivity index (χ0v) is 9.68. The standard InChI is InChI=1S/C11H24N2O/c1-4-9(5-2)11(14)13-8-7-10(12)6-3/h9-10H,4-8,12H2,1-3H3,(H,13,14). The summed E-state index contributed by atoms with van der Waals surface area (Å²) >= 11 is 0. The SMILES string of the molecule is CCC(N)CCNC(=O)C(CC)CC. The van der Waals surface area contributed by atoms with Crippen molar-refractivity contribution in [3.8, 4) is 0 Å². The Labute approximate surface area is 87.4 Å². The van der Waals surface area contributed by atoms with Crippen LogP contribution in [-0.2, 0) is 4.79 Å². The van der Waals surface area contributed by atoms with Gasteiger partial charge in [0.25, 0.3) is 0 Å². The fraction of sp³-hybridized carbons (Fsp3) is 0.909. The van der Waals surface area contributed by atoms with Crippen LogP contribution in [0.15, 0.2) is 0 Å². The highest BCUT2D eigenvalue weighted by Gasteiger charge is 2.13. The molecule has 0 aliphatic carbocycles. The Morgan fingerprint density at radius 2 is 1.79 bits per heavy atom. The van der Waals surface area contributed by atoms with Crippen LogP contribution in [0.25, 0.3) is 0 Å². The van der Waals surface area contributed by atoms with Gasteiger partial charge in [0.1, 0.15) is 0 Å². The predicted molar refractivity (Wildman–Crippen MR) is 60.0 cm³/mol. The molecule has 1 amide bonds. The van der Waals surface area contributed by atoms with E-state index in [0.29, 0.717) is 6.54 Å². The zero-order chi connectivity index (χ0) is 11.0. The van der Waals surface area contributed by atoms with Gasteiger partial charge in [0.2, 0.25) is 5.91 Å². The van der Waals surface area contributed by atoms with Gasteiger partial charge in [0, 0.05) is 18.5 Å². The van der Waals surface area contributed by atoms with E-state index >= 15 is 0 Å². The zero-order valence-electron chi connectivity index (χ0n) is 9.68.